The van der Waals surface area contributed by atoms with Crippen molar-refractivity contribution in [2.75, 3.05) is 31.1 Å². The largest absolute Gasteiger partial charge is 0.392 e. The summed E-state index contributed by atoms with van der Waals surface area (Å²) in [5.41, 5.74) is 2.33. The number of anilines is 1. The normalized spacial score (nSPS) is 20.0. The number of nitrogens with zero attached hydrogens (tertiary/aromatic N) is 3. The molecule has 0 bridgehead atoms. The van der Waals surface area contributed by atoms with E-state index >= 15 is 0 Å². The van der Waals surface area contributed by atoms with E-state index in [1.54, 1.807) is 17.2 Å². The van der Waals surface area contributed by atoms with Gasteiger partial charge in [0.15, 0.2) is 0 Å². The third-order valence-corrected chi connectivity index (χ3v) is 4.94. The van der Waals surface area contributed by atoms with Crippen LogP contribution < -0.4 is 4.90 Å². The van der Waals surface area contributed by atoms with E-state index in [0.717, 1.165) is 19.0 Å². The molecule has 3 heterocycles. The van der Waals surface area contributed by atoms with E-state index in [0.29, 0.717) is 42.1 Å². The number of fused-ring (bicyclic) bond motifs is 1. The van der Waals surface area contributed by atoms with Gasteiger partial charge in [0.05, 0.1) is 23.9 Å². The van der Waals surface area contributed by atoms with E-state index in [9.17, 15) is 18.7 Å². The molecule has 2 aliphatic rings. The number of amides is 1. The first-order chi connectivity index (χ1) is 12.5. The zero-order valence-electron chi connectivity index (χ0n) is 14.2. The Morgan fingerprint density at radius 1 is 1.12 bits per heavy atom. The first-order valence-electron chi connectivity index (χ1n) is 8.66. The number of aliphatic hydroxyl groups is 1. The van der Waals surface area contributed by atoms with Crippen LogP contribution in [0.25, 0.3) is 11.1 Å². The van der Waals surface area contributed by atoms with Crippen molar-refractivity contribution in [3.8, 4) is 11.1 Å². The molecule has 5 nitrogen and oxygen atoms in total. The van der Waals surface area contributed by atoms with E-state index in [-0.39, 0.29) is 18.4 Å². The summed E-state index contributed by atoms with van der Waals surface area (Å²) in [7, 11) is 0. The van der Waals surface area contributed by atoms with Crippen LogP contribution in [-0.2, 0) is 11.2 Å². The van der Waals surface area contributed by atoms with Crippen LogP contribution in [0.15, 0.2) is 30.5 Å². The molecular weight excluding hydrogens is 340 g/mol. The number of likely N-dealkylation sites (tertiary alicyclic amines) is 1. The lowest BCUT2D eigenvalue weighted by Crippen LogP contribution is -2.36. The maximum Gasteiger partial charge on any atom is 0.233 e. The third-order valence-electron chi connectivity index (χ3n) is 4.94. The van der Waals surface area contributed by atoms with Crippen molar-refractivity contribution in [3.63, 3.8) is 0 Å². The van der Waals surface area contributed by atoms with Crippen molar-refractivity contribution >= 4 is 11.6 Å². The molecule has 2 aromatic rings. The predicted molar refractivity (Wildman–Crippen MR) is 92.7 cm³/mol. The molecule has 1 fully saturated rings. The van der Waals surface area contributed by atoms with Gasteiger partial charge in [0.25, 0.3) is 0 Å². The second-order valence-corrected chi connectivity index (χ2v) is 6.81. The van der Waals surface area contributed by atoms with E-state index < -0.39 is 11.6 Å². The van der Waals surface area contributed by atoms with Gasteiger partial charge in [-0.15, -0.1) is 0 Å². The van der Waals surface area contributed by atoms with Gasteiger partial charge in [-0.1, -0.05) is 0 Å². The number of aliphatic hydroxyl groups excluding tert-OH is 1. The zero-order valence-corrected chi connectivity index (χ0v) is 14.2. The fourth-order valence-corrected chi connectivity index (χ4v) is 3.60. The molecule has 0 spiro atoms. The highest BCUT2D eigenvalue weighted by atomic mass is 19.1. The minimum atomic E-state index is -0.652. The lowest BCUT2D eigenvalue weighted by atomic mass is 10.1. The molecule has 0 saturated carbocycles. The van der Waals surface area contributed by atoms with Crippen LogP contribution in [0.1, 0.15) is 12.1 Å². The number of hydrogen-bond acceptors (Lipinski definition) is 4. The maximum atomic E-state index is 13.5. The van der Waals surface area contributed by atoms with Gasteiger partial charge in [-0.2, -0.15) is 0 Å². The minimum Gasteiger partial charge on any atom is -0.392 e. The molecule has 1 amide bonds. The van der Waals surface area contributed by atoms with Crippen LogP contribution in [0.2, 0.25) is 0 Å². The summed E-state index contributed by atoms with van der Waals surface area (Å²) in [5.74, 6) is -1.34. The Balaban J connectivity index is 1.57. The summed E-state index contributed by atoms with van der Waals surface area (Å²) in [5, 5.41) is 9.62. The van der Waals surface area contributed by atoms with Gasteiger partial charge in [0, 0.05) is 44.0 Å². The van der Waals surface area contributed by atoms with Crippen LogP contribution in [0.3, 0.4) is 0 Å². The summed E-state index contributed by atoms with van der Waals surface area (Å²) in [6, 6.07) is 5.09. The molecule has 1 aromatic carbocycles. The van der Waals surface area contributed by atoms with Gasteiger partial charge in [-0.3, -0.25) is 14.7 Å². The molecule has 1 unspecified atom stereocenters. The fourth-order valence-electron chi connectivity index (χ4n) is 3.60. The Bertz CT molecular complexity index is 838. The summed E-state index contributed by atoms with van der Waals surface area (Å²) < 4.78 is 27.0. The van der Waals surface area contributed by atoms with E-state index in [2.05, 4.69) is 9.88 Å². The molecule has 2 aliphatic heterocycles. The standard InChI is InChI=1S/C19H19F2N3O2/c20-14-5-12(6-15(21)8-14)13-7-18-17(22-10-13)9-19(26)24(18)4-3-23-2-1-16(25)11-23/h5-8,10,16,25H,1-4,9,11H2. The minimum absolute atomic E-state index is 0.0326. The third kappa shape index (κ3) is 3.32. The molecule has 4 rings (SSSR count). The first-order valence-corrected chi connectivity index (χ1v) is 8.66. The van der Waals surface area contributed by atoms with Crippen molar-refractivity contribution in [1.29, 1.82) is 0 Å². The fraction of sp³-hybridized carbons (Fsp3) is 0.368. The molecule has 26 heavy (non-hydrogen) atoms. The van der Waals surface area contributed by atoms with Crippen LogP contribution in [0.5, 0.6) is 0 Å². The van der Waals surface area contributed by atoms with Crippen LogP contribution in [0, 0.1) is 11.6 Å². The topological polar surface area (TPSA) is 56.7 Å². The smallest absolute Gasteiger partial charge is 0.233 e. The predicted octanol–water partition coefficient (Wildman–Crippen LogP) is 1.98. The maximum absolute atomic E-state index is 13.5. The van der Waals surface area contributed by atoms with Gasteiger partial charge < -0.3 is 10.0 Å². The van der Waals surface area contributed by atoms with Crippen LogP contribution in [-0.4, -0.2) is 53.2 Å². The molecule has 1 atom stereocenters. The Morgan fingerprint density at radius 3 is 2.58 bits per heavy atom. The average Bonchev–Trinajstić information content (AvgIpc) is 3.14. The molecular formula is C19H19F2N3O2. The van der Waals surface area contributed by atoms with Gasteiger partial charge in [-0.25, -0.2) is 8.78 Å². The number of aromatic nitrogens is 1. The van der Waals surface area contributed by atoms with Crippen molar-refractivity contribution in [3.05, 3.63) is 47.8 Å². The zero-order chi connectivity index (χ0) is 18.3. The SMILES string of the molecule is O=C1Cc2ncc(-c3cc(F)cc(F)c3)cc2N1CCN1CCC(O)C1. The van der Waals surface area contributed by atoms with Crippen molar-refractivity contribution < 1.29 is 18.7 Å². The van der Waals surface area contributed by atoms with E-state index in [1.165, 1.54) is 12.1 Å². The summed E-state index contributed by atoms with van der Waals surface area (Å²) in [6.45, 7) is 2.61. The van der Waals surface area contributed by atoms with Gasteiger partial charge in [-0.05, 0) is 30.2 Å². The molecule has 0 radical (unpaired) electrons. The summed E-state index contributed by atoms with van der Waals surface area (Å²) >= 11 is 0. The lowest BCUT2D eigenvalue weighted by Gasteiger charge is -2.22. The summed E-state index contributed by atoms with van der Waals surface area (Å²) in [4.78, 5) is 20.5. The van der Waals surface area contributed by atoms with Gasteiger partial charge >= 0.3 is 0 Å². The van der Waals surface area contributed by atoms with E-state index in [1.807, 2.05) is 0 Å². The highest BCUT2D eigenvalue weighted by Gasteiger charge is 2.30. The Morgan fingerprint density at radius 2 is 1.88 bits per heavy atom. The number of carbonyl (C=O) groups excluding carboxylic acids is 1. The second kappa shape index (κ2) is 6.74. The average molecular weight is 359 g/mol. The first kappa shape index (κ1) is 17.1. The molecule has 0 aliphatic carbocycles. The molecule has 7 heteroatoms. The number of benzene rings is 1. The molecule has 1 saturated heterocycles. The van der Waals surface area contributed by atoms with Crippen LogP contribution in [0.4, 0.5) is 14.5 Å². The molecule has 1 N–H and O–H groups in total. The van der Waals surface area contributed by atoms with Crippen molar-refractivity contribution in [2.24, 2.45) is 0 Å². The van der Waals surface area contributed by atoms with E-state index in [4.69, 9.17) is 0 Å². The lowest BCUT2D eigenvalue weighted by molar-refractivity contribution is -0.117. The number of pyridine rings is 1. The van der Waals surface area contributed by atoms with Crippen molar-refractivity contribution in [2.45, 2.75) is 18.9 Å². The highest BCUT2D eigenvalue weighted by Crippen LogP contribution is 2.32. The monoisotopic (exact) mass is 359 g/mol. The number of carbonyl (C=O) groups is 1. The summed E-state index contributed by atoms with van der Waals surface area (Å²) in [6.07, 6.45) is 2.23. The number of rotatable bonds is 4. The number of halogens is 2. The number of β-amino-alcohol motifs (C(OH)–C–C–N with tert-alkyl or cyclic N) is 1. The van der Waals surface area contributed by atoms with Crippen LogP contribution >= 0.6 is 0 Å². The molecule has 136 valence electrons. The Hall–Kier alpha value is -2.38. The quantitative estimate of drug-likeness (QED) is 0.907. The Kier molecular flexibility index (Phi) is 4.42. The number of hydrogen-bond donors (Lipinski definition) is 1. The van der Waals surface area contributed by atoms with Gasteiger partial charge in [0.1, 0.15) is 11.6 Å². The highest BCUT2D eigenvalue weighted by molar-refractivity contribution is 6.01. The Labute approximate surface area is 149 Å². The van der Waals surface area contributed by atoms with Gasteiger partial charge in [0.2, 0.25) is 5.91 Å². The molecule has 1 aromatic heterocycles. The van der Waals surface area contributed by atoms with Crippen molar-refractivity contribution in [1.82, 2.24) is 9.88 Å². The second-order valence-electron chi connectivity index (χ2n) is 6.81.